The van der Waals surface area contributed by atoms with Gasteiger partial charge in [-0.3, -0.25) is 0 Å². The minimum Gasteiger partial charge on any atom is -0.478 e. The maximum absolute atomic E-state index is 11.3. The molecular weight excluding hydrogens is 496 g/mol. The molecule has 0 aromatic heterocycles. The standard InChI is InChI=1S/C33H64O2.C3H4O2/c1-4-5-6-7-8-9-10-11-12-13-14-15-16-17-18-19-20-21-22-23-24-25-26-27-28-29-30-31-35-33(34)32(2)3;1-2-3(4)5/h2,4-31H2,1,3H3;2H,1H2,(H,4,5). The normalized spacial score (nSPS) is 10.6. The molecule has 0 rings (SSSR count). The van der Waals surface area contributed by atoms with Gasteiger partial charge in [0.2, 0.25) is 0 Å². The highest BCUT2D eigenvalue weighted by atomic mass is 16.5. The number of hydrogen-bond donors (Lipinski definition) is 1. The van der Waals surface area contributed by atoms with Crippen LogP contribution in [0.2, 0.25) is 0 Å². The molecule has 4 nitrogen and oxygen atoms in total. The Morgan fingerprint density at radius 1 is 0.550 bits per heavy atom. The van der Waals surface area contributed by atoms with Gasteiger partial charge >= 0.3 is 11.9 Å². The lowest BCUT2D eigenvalue weighted by Gasteiger charge is -2.05. The van der Waals surface area contributed by atoms with Crippen molar-refractivity contribution in [3.63, 3.8) is 0 Å². The summed E-state index contributed by atoms with van der Waals surface area (Å²) in [7, 11) is 0. The number of esters is 1. The molecule has 0 saturated carbocycles. The number of carbonyl (C=O) groups is 2. The summed E-state index contributed by atoms with van der Waals surface area (Å²) in [6, 6.07) is 0. The molecule has 236 valence electrons. The smallest absolute Gasteiger partial charge is 0.333 e. The summed E-state index contributed by atoms with van der Waals surface area (Å²) in [6.45, 7) is 11.1. The van der Waals surface area contributed by atoms with Gasteiger partial charge in [-0.25, -0.2) is 9.59 Å². The van der Waals surface area contributed by atoms with E-state index in [-0.39, 0.29) is 5.97 Å². The van der Waals surface area contributed by atoms with Crippen molar-refractivity contribution in [3.05, 3.63) is 24.8 Å². The van der Waals surface area contributed by atoms with Crippen molar-refractivity contribution in [3.8, 4) is 0 Å². The van der Waals surface area contributed by atoms with Crippen LogP contribution in [0.3, 0.4) is 0 Å². The van der Waals surface area contributed by atoms with Crippen molar-refractivity contribution in [1.82, 2.24) is 0 Å². The van der Waals surface area contributed by atoms with Gasteiger partial charge in [0.1, 0.15) is 0 Å². The molecule has 0 spiro atoms. The van der Waals surface area contributed by atoms with E-state index in [1.165, 1.54) is 167 Å². The lowest BCUT2D eigenvalue weighted by Crippen LogP contribution is -2.05. The van der Waals surface area contributed by atoms with Crippen LogP contribution in [0.5, 0.6) is 0 Å². The van der Waals surface area contributed by atoms with E-state index in [1.54, 1.807) is 6.92 Å². The van der Waals surface area contributed by atoms with Crippen LogP contribution >= 0.6 is 0 Å². The zero-order valence-electron chi connectivity index (χ0n) is 27.0. The molecule has 0 bridgehead atoms. The van der Waals surface area contributed by atoms with Gasteiger partial charge in [-0.05, 0) is 13.3 Å². The third-order valence-corrected chi connectivity index (χ3v) is 7.50. The maximum atomic E-state index is 11.3. The van der Waals surface area contributed by atoms with E-state index in [0.29, 0.717) is 12.2 Å². The zero-order chi connectivity index (χ0) is 29.9. The van der Waals surface area contributed by atoms with Crippen molar-refractivity contribution in [2.24, 2.45) is 0 Å². The molecule has 40 heavy (non-hydrogen) atoms. The molecule has 0 aromatic rings. The largest absolute Gasteiger partial charge is 0.478 e. The van der Waals surface area contributed by atoms with Gasteiger partial charge in [-0.1, -0.05) is 187 Å². The fourth-order valence-corrected chi connectivity index (χ4v) is 4.88. The summed E-state index contributed by atoms with van der Waals surface area (Å²) in [4.78, 5) is 20.5. The minimum absolute atomic E-state index is 0.250. The van der Waals surface area contributed by atoms with Gasteiger partial charge in [0.15, 0.2) is 0 Å². The van der Waals surface area contributed by atoms with Crippen molar-refractivity contribution >= 4 is 11.9 Å². The molecule has 1 N–H and O–H groups in total. The predicted octanol–water partition coefficient (Wildman–Crippen LogP) is 11.9. The fourth-order valence-electron chi connectivity index (χ4n) is 4.88. The van der Waals surface area contributed by atoms with E-state index >= 15 is 0 Å². The van der Waals surface area contributed by atoms with Gasteiger partial charge in [-0.15, -0.1) is 0 Å². The third-order valence-electron chi connectivity index (χ3n) is 7.50. The maximum Gasteiger partial charge on any atom is 0.333 e. The molecule has 0 radical (unpaired) electrons. The average molecular weight is 565 g/mol. The van der Waals surface area contributed by atoms with E-state index in [0.717, 1.165) is 12.5 Å². The summed E-state index contributed by atoms with van der Waals surface area (Å²) in [5, 5.41) is 7.60. The fraction of sp³-hybridized carbons (Fsp3) is 0.833. The number of carbonyl (C=O) groups excluding carboxylic acids is 1. The summed E-state index contributed by atoms with van der Waals surface area (Å²) >= 11 is 0. The van der Waals surface area contributed by atoms with Crippen molar-refractivity contribution < 1.29 is 19.4 Å². The molecule has 0 unspecified atom stereocenters. The number of carboxylic acid groups (broad SMARTS) is 1. The Morgan fingerprint density at radius 2 is 0.775 bits per heavy atom. The van der Waals surface area contributed by atoms with Gasteiger partial charge in [0.05, 0.1) is 6.61 Å². The molecule has 0 aliphatic carbocycles. The van der Waals surface area contributed by atoms with Gasteiger partial charge in [0.25, 0.3) is 0 Å². The Balaban J connectivity index is 0. The van der Waals surface area contributed by atoms with Crippen LogP contribution in [0.1, 0.15) is 187 Å². The Hall–Kier alpha value is -1.58. The molecule has 0 aliphatic heterocycles. The number of ether oxygens (including phenoxy) is 1. The zero-order valence-corrected chi connectivity index (χ0v) is 27.0. The lowest BCUT2D eigenvalue weighted by atomic mass is 10.0. The Labute approximate surface area is 249 Å². The lowest BCUT2D eigenvalue weighted by molar-refractivity contribution is -0.139. The van der Waals surface area contributed by atoms with Crippen LogP contribution in [-0.2, 0) is 14.3 Å². The molecular formula is C36H68O4. The van der Waals surface area contributed by atoms with Crippen LogP contribution in [0.4, 0.5) is 0 Å². The molecule has 0 amide bonds. The number of unbranched alkanes of at least 4 members (excludes halogenated alkanes) is 26. The van der Waals surface area contributed by atoms with E-state index in [9.17, 15) is 9.59 Å². The number of hydrogen-bond acceptors (Lipinski definition) is 3. The highest BCUT2D eigenvalue weighted by molar-refractivity contribution is 5.86. The number of aliphatic carboxylic acids is 1. The first kappa shape index (κ1) is 40.6. The third kappa shape index (κ3) is 38.6. The molecule has 0 aliphatic rings. The van der Waals surface area contributed by atoms with Crippen LogP contribution in [0, 0.1) is 0 Å². The topological polar surface area (TPSA) is 63.6 Å². The first-order valence-electron chi connectivity index (χ1n) is 17.1. The molecule has 0 aromatic carbocycles. The van der Waals surface area contributed by atoms with Gasteiger partial charge in [0, 0.05) is 11.6 Å². The van der Waals surface area contributed by atoms with Gasteiger partial charge < -0.3 is 9.84 Å². The van der Waals surface area contributed by atoms with E-state index < -0.39 is 5.97 Å². The van der Waals surface area contributed by atoms with E-state index in [2.05, 4.69) is 20.1 Å². The highest BCUT2D eigenvalue weighted by Crippen LogP contribution is 2.16. The first-order chi connectivity index (χ1) is 19.5. The second-order valence-corrected chi connectivity index (χ2v) is 11.7. The monoisotopic (exact) mass is 565 g/mol. The van der Waals surface area contributed by atoms with Crippen LogP contribution in [-0.4, -0.2) is 23.7 Å². The van der Waals surface area contributed by atoms with Crippen molar-refractivity contribution in [2.75, 3.05) is 6.61 Å². The quantitative estimate of drug-likeness (QED) is 0.0535. The molecule has 0 heterocycles. The SMILES string of the molecule is C=C(C)C(=O)OCCCCCCCCCCCCCCCCCCCCCCCCCCCCC.C=CC(=O)O. The molecule has 0 fully saturated rings. The Morgan fingerprint density at radius 3 is 0.975 bits per heavy atom. The summed E-state index contributed by atoms with van der Waals surface area (Å²) in [5.74, 6) is -1.23. The number of rotatable bonds is 30. The van der Waals surface area contributed by atoms with E-state index in [4.69, 9.17) is 9.84 Å². The second-order valence-electron chi connectivity index (χ2n) is 11.7. The average Bonchev–Trinajstić information content (AvgIpc) is 2.94. The first-order valence-corrected chi connectivity index (χ1v) is 17.1. The number of carboxylic acids is 1. The summed E-state index contributed by atoms with van der Waals surface area (Å²) in [5.41, 5.74) is 0.495. The predicted molar refractivity (Wildman–Crippen MR) is 174 cm³/mol. The summed E-state index contributed by atoms with van der Waals surface area (Å²) < 4.78 is 5.12. The summed E-state index contributed by atoms with van der Waals surface area (Å²) in [6.07, 6.45) is 38.9. The van der Waals surface area contributed by atoms with Crippen molar-refractivity contribution in [2.45, 2.75) is 187 Å². The second kappa shape index (κ2) is 35.4. The molecule has 4 heteroatoms. The molecule has 0 saturated heterocycles. The van der Waals surface area contributed by atoms with Gasteiger partial charge in [-0.2, -0.15) is 0 Å². The van der Waals surface area contributed by atoms with Crippen LogP contribution in [0.15, 0.2) is 24.8 Å². The van der Waals surface area contributed by atoms with Crippen molar-refractivity contribution in [1.29, 1.82) is 0 Å². The Kier molecular flexibility index (Phi) is 35.9. The minimum atomic E-state index is -0.981. The van der Waals surface area contributed by atoms with E-state index in [1.807, 2.05) is 0 Å². The van der Waals surface area contributed by atoms with Crippen LogP contribution < -0.4 is 0 Å². The van der Waals surface area contributed by atoms with Crippen LogP contribution in [0.25, 0.3) is 0 Å². The Bertz CT molecular complexity index is 569. The highest BCUT2D eigenvalue weighted by Gasteiger charge is 2.02. The molecule has 0 atom stereocenters.